The summed E-state index contributed by atoms with van der Waals surface area (Å²) in [6.45, 7) is 3.26. The smallest absolute Gasteiger partial charge is 0.416 e. The summed E-state index contributed by atoms with van der Waals surface area (Å²) in [4.78, 5) is 10.5. The molecule has 0 aliphatic carbocycles. The number of halogens is 3. The Kier molecular flexibility index (Phi) is 7.05. The van der Waals surface area contributed by atoms with Crippen LogP contribution < -0.4 is 9.04 Å². The maximum absolute atomic E-state index is 13.6. The van der Waals surface area contributed by atoms with Gasteiger partial charge in [-0.15, -0.1) is 0 Å². The molecule has 1 N–H and O–H groups in total. The van der Waals surface area contributed by atoms with Gasteiger partial charge in [-0.3, -0.25) is 9.10 Å². The zero-order valence-electron chi connectivity index (χ0n) is 19.8. The number of aromatic nitrogens is 1. The van der Waals surface area contributed by atoms with Crippen molar-refractivity contribution in [2.24, 2.45) is 0 Å². The molecule has 37 heavy (non-hydrogen) atoms. The monoisotopic (exact) mass is 536 g/mol. The molecular weight excluding hydrogens is 513 g/mol. The number of fused-ring (bicyclic) bond motifs is 1. The number of carboxylic acids is 1. The Labute approximate surface area is 211 Å². The zero-order chi connectivity index (χ0) is 27.0. The minimum absolute atomic E-state index is 0.0110. The van der Waals surface area contributed by atoms with Crippen LogP contribution in [0.1, 0.15) is 41.0 Å². The highest BCUT2D eigenvalue weighted by molar-refractivity contribution is 7.92. The molecule has 0 fully saturated rings. The highest BCUT2D eigenvalue weighted by Gasteiger charge is 2.37. The Morgan fingerprint density at radius 1 is 1.19 bits per heavy atom. The number of aryl methyl sites for hydroxylation is 2. The number of carboxylic acid groups (broad SMARTS) is 1. The number of hydrogen-bond donors (Lipinski definition) is 1. The minimum Gasteiger partial charge on any atom is -0.486 e. The van der Waals surface area contributed by atoms with Gasteiger partial charge in [0.15, 0.2) is 0 Å². The normalized spacial score (nSPS) is 16.0. The minimum atomic E-state index is -4.73. The van der Waals surface area contributed by atoms with Gasteiger partial charge in [0.05, 0.1) is 28.4 Å². The molecule has 0 unspecified atom stereocenters. The predicted octanol–water partition coefficient (Wildman–Crippen LogP) is 5.30. The largest absolute Gasteiger partial charge is 0.486 e. The molecule has 2 aromatic carbocycles. The number of nitrogens with zero attached hydrogens (tertiary/aromatic N) is 2. The van der Waals surface area contributed by atoms with Crippen molar-refractivity contribution in [2.45, 2.75) is 43.9 Å². The lowest BCUT2D eigenvalue weighted by molar-refractivity contribution is -0.138. The fourth-order valence-corrected chi connectivity index (χ4v) is 5.51. The molecule has 4 rings (SSSR count). The molecule has 0 saturated heterocycles. The molecule has 0 radical (unpaired) electrons. The van der Waals surface area contributed by atoms with Crippen LogP contribution in [0.5, 0.6) is 5.75 Å². The maximum atomic E-state index is 13.6. The predicted molar refractivity (Wildman–Crippen MR) is 129 cm³/mol. The third-order valence-electron chi connectivity index (χ3n) is 5.88. The first-order chi connectivity index (χ1) is 17.4. The molecule has 0 spiro atoms. The molecule has 0 saturated carbocycles. The van der Waals surface area contributed by atoms with Crippen molar-refractivity contribution in [3.05, 3.63) is 70.6 Å². The first-order valence-electron chi connectivity index (χ1n) is 11.2. The van der Waals surface area contributed by atoms with Crippen LogP contribution in [0.3, 0.4) is 0 Å². The Balaban J connectivity index is 1.76. The second kappa shape index (κ2) is 9.92. The number of ether oxygens (including phenoxy) is 1. The highest BCUT2D eigenvalue weighted by Crippen LogP contribution is 2.40. The Hall–Kier alpha value is -3.80. The molecule has 12 heteroatoms. The van der Waals surface area contributed by atoms with E-state index in [2.05, 4.69) is 5.16 Å². The molecule has 1 aliphatic heterocycles. The van der Waals surface area contributed by atoms with Crippen LogP contribution in [0.2, 0.25) is 0 Å². The van der Waals surface area contributed by atoms with E-state index >= 15 is 0 Å². The van der Waals surface area contributed by atoms with Crippen LogP contribution in [0.25, 0.3) is 12.2 Å². The number of sulfonamides is 1. The average Bonchev–Trinajstić information content (AvgIpc) is 3.17. The molecule has 1 aliphatic rings. The van der Waals surface area contributed by atoms with Crippen molar-refractivity contribution >= 4 is 33.8 Å². The number of carbonyl (C=O) groups is 1. The van der Waals surface area contributed by atoms with Crippen molar-refractivity contribution < 1.29 is 40.8 Å². The number of benzene rings is 2. The van der Waals surface area contributed by atoms with Crippen LogP contribution >= 0.6 is 0 Å². The summed E-state index contributed by atoms with van der Waals surface area (Å²) >= 11 is 0. The van der Waals surface area contributed by atoms with Gasteiger partial charge in [0.25, 0.3) is 10.0 Å². The van der Waals surface area contributed by atoms with Gasteiger partial charge in [0.1, 0.15) is 17.6 Å². The average molecular weight is 537 g/mol. The summed E-state index contributed by atoms with van der Waals surface area (Å²) in [6, 6.07) is 8.26. The molecule has 8 nitrogen and oxygen atoms in total. The van der Waals surface area contributed by atoms with Gasteiger partial charge in [-0.05, 0) is 62.2 Å². The number of rotatable bonds is 7. The lowest BCUT2D eigenvalue weighted by Gasteiger charge is -2.35. The van der Waals surface area contributed by atoms with Crippen molar-refractivity contribution in [3.8, 4) is 5.75 Å². The summed E-state index contributed by atoms with van der Waals surface area (Å²) in [5, 5.41) is 12.9. The van der Waals surface area contributed by atoms with Crippen LogP contribution in [-0.2, 0) is 21.0 Å². The van der Waals surface area contributed by atoms with E-state index in [9.17, 15) is 26.4 Å². The Bertz CT molecular complexity index is 1440. The molecule has 2 heterocycles. The summed E-state index contributed by atoms with van der Waals surface area (Å²) in [7, 11) is -4.46. The lowest BCUT2D eigenvalue weighted by atomic mass is 10.1. The number of alkyl halides is 3. The first-order valence-corrected chi connectivity index (χ1v) is 12.6. The van der Waals surface area contributed by atoms with Gasteiger partial charge >= 0.3 is 12.1 Å². The third kappa shape index (κ3) is 5.63. The van der Waals surface area contributed by atoms with Crippen LogP contribution in [0.4, 0.5) is 18.9 Å². The van der Waals surface area contributed by atoms with E-state index in [0.717, 1.165) is 28.1 Å². The van der Waals surface area contributed by atoms with Crippen LogP contribution in [0.15, 0.2) is 51.9 Å². The van der Waals surface area contributed by atoms with E-state index in [1.807, 2.05) is 0 Å². The van der Waals surface area contributed by atoms with Gasteiger partial charge in [0, 0.05) is 12.0 Å². The summed E-state index contributed by atoms with van der Waals surface area (Å²) < 4.78 is 79.0. The van der Waals surface area contributed by atoms with Crippen molar-refractivity contribution in [1.29, 1.82) is 0 Å². The number of anilines is 1. The van der Waals surface area contributed by atoms with Gasteiger partial charge in [-0.25, -0.2) is 8.42 Å². The third-order valence-corrected chi connectivity index (χ3v) is 7.65. The van der Waals surface area contributed by atoms with Gasteiger partial charge in [0.2, 0.25) is 0 Å². The van der Waals surface area contributed by atoms with Crippen LogP contribution in [-0.4, -0.2) is 37.3 Å². The topological polar surface area (TPSA) is 110 Å². The highest BCUT2D eigenvalue weighted by atomic mass is 32.2. The second-order valence-electron chi connectivity index (χ2n) is 8.53. The van der Waals surface area contributed by atoms with Crippen molar-refractivity contribution in [2.75, 3.05) is 10.8 Å². The Morgan fingerprint density at radius 3 is 2.59 bits per heavy atom. The van der Waals surface area contributed by atoms with Gasteiger partial charge in [-0.1, -0.05) is 23.4 Å². The first kappa shape index (κ1) is 26.3. The van der Waals surface area contributed by atoms with E-state index in [4.69, 9.17) is 14.4 Å². The van der Waals surface area contributed by atoms with Crippen molar-refractivity contribution in [1.82, 2.24) is 5.16 Å². The molecule has 3 aromatic rings. The summed E-state index contributed by atoms with van der Waals surface area (Å²) in [6.07, 6.45) is -2.32. The van der Waals surface area contributed by atoms with E-state index < -0.39 is 38.7 Å². The summed E-state index contributed by atoms with van der Waals surface area (Å²) in [5.74, 6) is -0.307. The number of hydrogen-bond acceptors (Lipinski definition) is 6. The zero-order valence-corrected chi connectivity index (χ0v) is 20.6. The standard InChI is InChI=1S/C25H23F3N2O6S/c1-15-21(16(2)36-29-15)9-6-17-7-10-23-22(12-17)30(14-19(35-23)8-11-24(31)32)37(33,34)20-5-3-4-18(13-20)25(26,27)28/h3-7,9-10,12-13,19H,8,11,14H2,1-2H3,(H,31,32)/b9-6+/t19-/m0/s1. The second-order valence-corrected chi connectivity index (χ2v) is 10.4. The van der Waals surface area contributed by atoms with Gasteiger partial charge in [-0.2, -0.15) is 13.2 Å². The molecule has 0 amide bonds. The maximum Gasteiger partial charge on any atom is 0.416 e. The number of aliphatic carboxylic acids is 1. The van der Waals surface area contributed by atoms with E-state index in [1.165, 1.54) is 0 Å². The molecule has 196 valence electrons. The fourth-order valence-electron chi connectivity index (χ4n) is 3.96. The SMILES string of the molecule is Cc1noc(C)c1/C=C/c1ccc2c(c1)N(S(=O)(=O)c1cccc(C(F)(F)F)c1)C[C@H](CCC(=O)O)O2. The fraction of sp³-hybridized carbons (Fsp3) is 0.280. The van der Waals surface area contributed by atoms with E-state index in [0.29, 0.717) is 23.1 Å². The lowest BCUT2D eigenvalue weighted by Crippen LogP contribution is -2.43. The molecule has 1 atom stereocenters. The van der Waals surface area contributed by atoms with Gasteiger partial charge < -0.3 is 14.4 Å². The van der Waals surface area contributed by atoms with E-state index in [-0.39, 0.29) is 30.8 Å². The molecule has 1 aromatic heterocycles. The molecule has 0 bridgehead atoms. The summed E-state index contributed by atoms with van der Waals surface area (Å²) in [5.41, 5.74) is 1.06. The quantitative estimate of drug-likeness (QED) is 0.436. The van der Waals surface area contributed by atoms with Crippen LogP contribution in [0, 0.1) is 13.8 Å². The Morgan fingerprint density at radius 2 is 1.95 bits per heavy atom. The molecular formula is C25H23F3N2O6S. The van der Waals surface area contributed by atoms with Crippen molar-refractivity contribution in [3.63, 3.8) is 0 Å². The van der Waals surface area contributed by atoms with E-state index in [1.54, 1.807) is 44.2 Å².